The van der Waals surface area contributed by atoms with Gasteiger partial charge in [-0.15, -0.1) is 5.10 Å². The van der Waals surface area contributed by atoms with Crippen molar-refractivity contribution in [1.82, 2.24) is 39.7 Å². The molecule has 1 aliphatic rings. The SMILES string of the molecule is COC(=O)Nc1ccc(-c2nc([C@@H]3CCc4cc(-c5cc(C)ccc5-n5cnnn5)cc(=O)n43)[nH]c2Cl)cn1. The summed E-state index contributed by atoms with van der Waals surface area (Å²) < 4.78 is 7.93. The van der Waals surface area contributed by atoms with E-state index in [1.54, 1.807) is 33.6 Å². The molecule has 0 spiro atoms. The van der Waals surface area contributed by atoms with Crippen LogP contribution in [0.15, 0.2) is 59.8 Å². The van der Waals surface area contributed by atoms with Crippen LogP contribution in [0.25, 0.3) is 28.1 Å². The number of fused-ring (bicyclic) bond motifs is 1. The number of aryl methyl sites for hydroxylation is 2. The Kier molecular flexibility index (Phi) is 6.15. The van der Waals surface area contributed by atoms with Gasteiger partial charge in [-0.25, -0.2) is 14.8 Å². The van der Waals surface area contributed by atoms with Crippen molar-refractivity contribution in [2.24, 2.45) is 0 Å². The number of anilines is 1. The van der Waals surface area contributed by atoms with Gasteiger partial charge in [-0.1, -0.05) is 23.2 Å². The normalized spacial score (nSPS) is 14.3. The summed E-state index contributed by atoms with van der Waals surface area (Å²) in [4.78, 5) is 37.0. The van der Waals surface area contributed by atoms with Crippen molar-refractivity contribution in [2.45, 2.75) is 25.8 Å². The first-order valence-electron chi connectivity index (χ1n) is 12.1. The summed E-state index contributed by atoms with van der Waals surface area (Å²) >= 11 is 6.52. The number of pyridine rings is 2. The lowest BCUT2D eigenvalue weighted by atomic mass is 10.0. The van der Waals surface area contributed by atoms with Gasteiger partial charge in [-0.2, -0.15) is 4.68 Å². The van der Waals surface area contributed by atoms with E-state index in [9.17, 15) is 9.59 Å². The molecule has 0 radical (unpaired) electrons. The number of amides is 1. The molecule has 2 N–H and O–H groups in total. The first-order chi connectivity index (χ1) is 18.9. The molecule has 1 aliphatic heterocycles. The molecular formula is C26H22ClN9O3. The smallest absolute Gasteiger partial charge is 0.412 e. The minimum Gasteiger partial charge on any atom is -0.453 e. The second-order valence-corrected chi connectivity index (χ2v) is 9.48. The van der Waals surface area contributed by atoms with Gasteiger partial charge in [0.25, 0.3) is 5.56 Å². The quantitative estimate of drug-likeness (QED) is 0.339. The van der Waals surface area contributed by atoms with E-state index in [0.29, 0.717) is 40.9 Å². The number of nitrogens with zero attached hydrogens (tertiary/aromatic N) is 7. The molecule has 0 unspecified atom stereocenters. The first-order valence-corrected chi connectivity index (χ1v) is 12.5. The molecule has 1 atom stereocenters. The molecule has 0 saturated heterocycles. The van der Waals surface area contributed by atoms with Crippen LogP contribution in [0.4, 0.5) is 10.6 Å². The topological polar surface area (TPSA) is 146 Å². The van der Waals surface area contributed by atoms with E-state index in [2.05, 4.69) is 35.5 Å². The number of nitrogens with one attached hydrogen (secondary N) is 2. The number of aromatic nitrogens is 8. The van der Waals surface area contributed by atoms with Crippen LogP contribution in [-0.4, -0.2) is 52.9 Å². The Balaban J connectivity index is 1.33. The molecule has 39 heavy (non-hydrogen) atoms. The minimum atomic E-state index is -0.613. The van der Waals surface area contributed by atoms with Crippen molar-refractivity contribution in [3.8, 4) is 28.1 Å². The molecule has 196 valence electrons. The van der Waals surface area contributed by atoms with Gasteiger partial charge >= 0.3 is 6.09 Å². The zero-order chi connectivity index (χ0) is 27.1. The molecule has 4 aromatic heterocycles. The van der Waals surface area contributed by atoms with Gasteiger partial charge in [0, 0.05) is 29.1 Å². The number of tetrazole rings is 1. The highest BCUT2D eigenvalue weighted by Gasteiger charge is 2.29. The lowest BCUT2D eigenvalue weighted by molar-refractivity contribution is 0.187. The Morgan fingerprint density at radius 3 is 2.79 bits per heavy atom. The monoisotopic (exact) mass is 543 g/mol. The predicted molar refractivity (Wildman–Crippen MR) is 143 cm³/mol. The largest absolute Gasteiger partial charge is 0.453 e. The van der Waals surface area contributed by atoms with E-state index < -0.39 is 6.09 Å². The molecule has 5 aromatic rings. The summed E-state index contributed by atoms with van der Waals surface area (Å²) in [5, 5.41) is 14.4. The van der Waals surface area contributed by atoms with Gasteiger partial charge in [-0.05, 0) is 66.1 Å². The van der Waals surface area contributed by atoms with Crippen molar-refractivity contribution in [2.75, 3.05) is 12.4 Å². The molecule has 0 bridgehead atoms. The maximum Gasteiger partial charge on any atom is 0.412 e. The van der Waals surface area contributed by atoms with Crippen molar-refractivity contribution < 1.29 is 9.53 Å². The van der Waals surface area contributed by atoms with Gasteiger partial charge < -0.3 is 14.3 Å². The third kappa shape index (κ3) is 4.55. The van der Waals surface area contributed by atoms with Crippen molar-refractivity contribution >= 4 is 23.5 Å². The average molecular weight is 544 g/mol. The Bertz CT molecular complexity index is 1740. The number of benzene rings is 1. The lowest BCUT2D eigenvalue weighted by Crippen LogP contribution is -2.24. The summed E-state index contributed by atoms with van der Waals surface area (Å²) in [6, 6.07) is 12.7. The van der Waals surface area contributed by atoms with E-state index in [1.807, 2.05) is 31.2 Å². The number of hydrogen-bond donors (Lipinski definition) is 2. The third-order valence-electron chi connectivity index (χ3n) is 6.64. The van der Waals surface area contributed by atoms with Gasteiger partial charge in [0.2, 0.25) is 0 Å². The summed E-state index contributed by atoms with van der Waals surface area (Å²) in [5.41, 5.74) is 5.44. The molecule has 12 nitrogen and oxygen atoms in total. The molecular weight excluding hydrogens is 522 g/mol. The fraction of sp³-hybridized carbons (Fsp3) is 0.192. The number of halogens is 1. The Hall–Kier alpha value is -4.84. The van der Waals surface area contributed by atoms with Crippen LogP contribution in [0, 0.1) is 6.92 Å². The fourth-order valence-electron chi connectivity index (χ4n) is 4.84. The second kappa shape index (κ2) is 9.80. The number of imidazole rings is 1. The van der Waals surface area contributed by atoms with Crippen LogP contribution in [0.5, 0.6) is 0 Å². The molecule has 1 aromatic carbocycles. The van der Waals surface area contributed by atoms with Crippen LogP contribution in [0.1, 0.15) is 29.5 Å². The summed E-state index contributed by atoms with van der Waals surface area (Å²) in [7, 11) is 1.28. The van der Waals surface area contributed by atoms with Crippen LogP contribution in [-0.2, 0) is 11.2 Å². The Morgan fingerprint density at radius 1 is 1.18 bits per heavy atom. The predicted octanol–water partition coefficient (Wildman–Crippen LogP) is 3.95. The lowest BCUT2D eigenvalue weighted by Gasteiger charge is -2.15. The van der Waals surface area contributed by atoms with Crippen LogP contribution >= 0.6 is 11.6 Å². The number of hydrogen-bond acceptors (Lipinski definition) is 8. The number of aromatic amines is 1. The van der Waals surface area contributed by atoms with Crippen LogP contribution in [0.2, 0.25) is 5.15 Å². The maximum atomic E-state index is 13.5. The highest BCUT2D eigenvalue weighted by atomic mass is 35.5. The molecule has 6 rings (SSSR count). The molecule has 0 saturated carbocycles. The third-order valence-corrected chi connectivity index (χ3v) is 6.91. The number of carbonyl (C=O) groups excluding carboxylic acids is 1. The molecule has 0 fully saturated rings. The molecule has 1 amide bonds. The first kappa shape index (κ1) is 24.5. The maximum absolute atomic E-state index is 13.5. The molecule has 5 heterocycles. The van der Waals surface area contributed by atoms with Crippen LogP contribution in [0.3, 0.4) is 0 Å². The molecule has 0 aliphatic carbocycles. The van der Waals surface area contributed by atoms with E-state index in [0.717, 1.165) is 28.1 Å². The average Bonchev–Trinajstić information content (AvgIpc) is 3.69. The highest BCUT2D eigenvalue weighted by Crippen LogP contribution is 2.35. The summed E-state index contributed by atoms with van der Waals surface area (Å²) in [5.74, 6) is 0.923. The number of methoxy groups -OCH3 is 1. The number of ether oxygens (including phenoxy) is 1. The number of carbonyl (C=O) groups is 1. The van der Waals surface area contributed by atoms with Crippen molar-refractivity contribution in [3.63, 3.8) is 0 Å². The standard InChI is InChI=1S/C26H22ClN9O3/c1-14-3-6-19(35-13-29-33-34-35)18(9-14)16-10-17-5-7-20(36(17)22(37)11-16)25-31-23(24(27)32-25)15-4-8-21(28-12-15)30-26(38)39-2/h3-4,6,8-13,20H,5,7H2,1-2H3,(H,31,32)(H,28,30,38)/t20-/m0/s1. The van der Waals surface area contributed by atoms with Crippen molar-refractivity contribution in [1.29, 1.82) is 0 Å². The Morgan fingerprint density at radius 2 is 2.05 bits per heavy atom. The van der Waals surface area contributed by atoms with E-state index >= 15 is 0 Å². The Labute approximate surface area is 226 Å². The van der Waals surface area contributed by atoms with Gasteiger partial charge in [0.05, 0.1) is 18.8 Å². The minimum absolute atomic E-state index is 0.136. The zero-order valence-corrected chi connectivity index (χ0v) is 21.7. The van der Waals surface area contributed by atoms with Gasteiger partial charge in [0.1, 0.15) is 28.8 Å². The van der Waals surface area contributed by atoms with E-state index in [-0.39, 0.29) is 11.6 Å². The summed E-state index contributed by atoms with van der Waals surface area (Å²) in [6.45, 7) is 2.00. The van der Waals surface area contributed by atoms with E-state index in [1.165, 1.54) is 13.4 Å². The van der Waals surface area contributed by atoms with Crippen LogP contribution < -0.4 is 10.9 Å². The fourth-order valence-corrected chi connectivity index (χ4v) is 5.09. The van der Waals surface area contributed by atoms with E-state index in [4.69, 9.17) is 16.6 Å². The van der Waals surface area contributed by atoms with Gasteiger partial charge in [-0.3, -0.25) is 10.1 Å². The number of rotatable bonds is 5. The number of H-pyrrole nitrogens is 1. The second-order valence-electron chi connectivity index (χ2n) is 9.11. The summed E-state index contributed by atoms with van der Waals surface area (Å²) in [6.07, 6.45) is 3.86. The zero-order valence-electron chi connectivity index (χ0n) is 20.9. The molecule has 13 heteroatoms. The van der Waals surface area contributed by atoms with Crippen molar-refractivity contribution in [3.05, 3.63) is 87.6 Å². The van der Waals surface area contributed by atoms with Gasteiger partial charge in [0.15, 0.2) is 0 Å². The highest BCUT2D eigenvalue weighted by molar-refractivity contribution is 6.31.